The molecular formula is C12H14N2O. The normalized spacial score (nSPS) is 10.5. The van der Waals surface area contributed by atoms with Crippen molar-refractivity contribution in [3.8, 4) is 11.3 Å². The lowest BCUT2D eigenvalue weighted by Crippen LogP contribution is -2.02. The molecule has 3 heteroatoms. The van der Waals surface area contributed by atoms with Gasteiger partial charge in [-0.05, 0) is 13.5 Å². The van der Waals surface area contributed by atoms with E-state index in [0.29, 0.717) is 6.54 Å². The molecule has 0 radical (unpaired) electrons. The first-order valence-electron chi connectivity index (χ1n) is 5.00. The van der Waals surface area contributed by atoms with Gasteiger partial charge in [0.2, 0.25) is 0 Å². The van der Waals surface area contributed by atoms with Crippen molar-refractivity contribution in [3.05, 3.63) is 42.0 Å². The van der Waals surface area contributed by atoms with E-state index in [2.05, 4.69) is 24.0 Å². The summed E-state index contributed by atoms with van der Waals surface area (Å²) in [5.41, 5.74) is 8.73. The zero-order valence-corrected chi connectivity index (χ0v) is 8.73. The van der Waals surface area contributed by atoms with Crippen LogP contribution in [0.3, 0.4) is 0 Å². The SMILES string of the molecule is Cc1ccc(-c2ncoc2CCN)cc1. The summed E-state index contributed by atoms with van der Waals surface area (Å²) in [4.78, 5) is 4.21. The largest absolute Gasteiger partial charge is 0.448 e. The fourth-order valence-electron chi connectivity index (χ4n) is 1.53. The topological polar surface area (TPSA) is 52.0 Å². The third kappa shape index (κ3) is 2.07. The van der Waals surface area contributed by atoms with Crippen molar-refractivity contribution in [1.29, 1.82) is 0 Å². The molecular weight excluding hydrogens is 188 g/mol. The van der Waals surface area contributed by atoms with Crippen molar-refractivity contribution in [2.45, 2.75) is 13.3 Å². The maximum Gasteiger partial charge on any atom is 0.181 e. The Balaban J connectivity index is 2.36. The summed E-state index contributed by atoms with van der Waals surface area (Å²) >= 11 is 0. The van der Waals surface area contributed by atoms with Gasteiger partial charge in [0.25, 0.3) is 0 Å². The number of hydrogen-bond acceptors (Lipinski definition) is 3. The summed E-state index contributed by atoms with van der Waals surface area (Å²) in [7, 11) is 0. The smallest absolute Gasteiger partial charge is 0.181 e. The molecule has 1 aromatic carbocycles. The minimum absolute atomic E-state index is 0.577. The second-order valence-corrected chi connectivity index (χ2v) is 3.53. The third-order valence-corrected chi connectivity index (χ3v) is 2.34. The molecule has 0 unspecified atom stereocenters. The Labute approximate surface area is 88.9 Å². The fraction of sp³-hybridized carbons (Fsp3) is 0.250. The molecule has 0 saturated heterocycles. The van der Waals surface area contributed by atoms with Crippen LogP contribution in [0.2, 0.25) is 0 Å². The monoisotopic (exact) mass is 202 g/mol. The van der Waals surface area contributed by atoms with Crippen LogP contribution < -0.4 is 5.73 Å². The first-order valence-corrected chi connectivity index (χ1v) is 5.00. The van der Waals surface area contributed by atoms with Crippen molar-refractivity contribution >= 4 is 0 Å². The molecule has 0 aliphatic carbocycles. The van der Waals surface area contributed by atoms with Crippen LogP contribution in [-0.2, 0) is 6.42 Å². The zero-order valence-electron chi connectivity index (χ0n) is 8.73. The van der Waals surface area contributed by atoms with E-state index in [-0.39, 0.29) is 0 Å². The van der Waals surface area contributed by atoms with Crippen LogP contribution in [0.4, 0.5) is 0 Å². The number of rotatable bonds is 3. The summed E-state index contributed by atoms with van der Waals surface area (Å²) in [5.74, 6) is 0.862. The van der Waals surface area contributed by atoms with Gasteiger partial charge in [-0.1, -0.05) is 29.8 Å². The summed E-state index contributed by atoms with van der Waals surface area (Å²) in [6, 6.07) is 8.23. The highest BCUT2D eigenvalue weighted by Gasteiger charge is 2.08. The molecule has 0 amide bonds. The van der Waals surface area contributed by atoms with E-state index in [1.54, 1.807) is 0 Å². The molecule has 0 spiro atoms. The van der Waals surface area contributed by atoms with Crippen molar-refractivity contribution in [3.63, 3.8) is 0 Å². The van der Waals surface area contributed by atoms with Gasteiger partial charge in [0, 0.05) is 12.0 Å². The number of aromatic nitrogens is 1. The Bertz CT molecular complexity index is 431. The number of nitrogens with zero attached hydrogens (tertiary/aromatic N) is 1. The van der Waals surface area contributed by atoms with Crippen LogP contribution in [0, 0.1) is 6.92 Å². The first kappa shape index (κ1) is 9.93. The lowest BCUT2D eigenvalue weighted by atomic mass is 10.1. The molecule has 15 heavy (non-hydrogen) atoms. The van der Waals surface area contributed by atoms with E-state index in [1.165, 1.54) is 12.0 Å². The Hall–Kier alpha value is -1.61. The predicted octanol–water partition coefficient (Wildman–Crippen LogP) is 2.15. The van der Waals surface area contributed by atoms with Crippen LogP contribution in [0.15, 0.2) is 35.1 Å². The highest BCUT2D eigenvalue weighted by Crippen LogP contribution is 2.22. The summed E-state index contributed by atoms with van der Waals surface area (Å²) < 4.78 is 5.30. The number of oxazole rings is 1. The average Bonchev–Trinajstić information content (AvgIpc) is 2.68. The minimum Gasteiger partial charge on any atom is -0.448 e. The Morgan fingerprint density at radius 1 is 1.27 bits per heavy atom. The number of benzene rings is 1. The van der Waals surface area contributed by atoms with Crippen molar-refractivity contribution in [2.24, 2.45) is 5.73 Å². The second-order valence-electron chi connectivity index (χ2n) is 3.53. The highest BCUT2D eigenvalue weighted by atomic mass is 16.3. The minimum atomic E-state index is 0.577. The molecule has 0 bridgehead atoms. The molecule has 2 rings (SSSR count). The fourth-order valence-corrected chi connectivity index (χ4v) is 1.53. The zero-order chi connectivity index (χ0) is 10.7. The Morgan fingerprint density at radius 3 is 2.67 bits per heavy atom. The maximum atomic E-state index is 5.50. The summed E-state index contributed by atoms with van der Waals surface area (Å²) in [5, 5.41) is 0. The molecule has 2 N–H and O–H groups in total. The van der Waals surface area contributed by atoms with E-state index in [0.717, 1.165) is 23.4 Å². The first-order chi connectivity index (χ1) is 7.31. The quantitative estimate of drug-likeness (QED) is 0.829. The third-order valence-electron chi connectivity index (χ3n) is 2.34. The predicted molar refractivity (Wildman–Crippen MR) is 59.4 cm³/mol. The van der Waals surface area contributed by atoms with Gasteiger partial charge >= 0.3 is 0 Å². The summed E-state index contributed by atoms with van der Waals surface area (Å²) in [6.45, 7) is 2.64. The van der Waals surface area contributed by atoms with Gasteiger partial charge in [-0.2, -0.15) is 0 Å². The van der Waals surface area contributed by atoms with Crippen LogP contribution in [-0.4, -0.2) is 11.5 Å². The van der Waals surface area contributed by atoms with Gasteiger partial charge < -0.3 is 10.2 Å². The van der Waals surface area contributed by atoms with E-state index in [9.17, 15) is 0 Å². The van der Waals surface area contributed by atoms with Gasteiger partial charge in [0.05, 0.1) is 0 Å². The highest BCUT2D eigenvalue weighted by molar-refractivity contribution is 5.61. The lowest BCUT2D eigenvalue weighted by Gasteiger charge is -2.00. The molecule has 2 aromatic rings. The molecule has 78 valence electrons. The van der Waals surface area contributed by atoms with Crippen molar-refractivity contribution < 1.29 is 4.42 Å². The number of aryl methyl sites for hydroxylation is 1. The average molecular weight is 202 g/mol. The maximum absolute atomic E-state index is 5.50. The Morgan fingerprint density at radius 2 is 2.00 bits per heavy atom. The van der Waals surface area contributed by atoms with E-state index < -0.39 is 0 Å². The lowest BCUT2D eigenvalue weighted by molar-refractivity contribution is 0.506. The summed E-state index contributed by atoms with van der Waals surface area (Å²) in [6.07, 6.45) is 2.20. The van der Waals surface area contributed by atoms with E-state index in [1.807, 2.05) is 12.1 Å². The molecule has 3 nitrogen and oxygen atoms in total. The van der Waals surface area contributed by atoms with Crippen LogP contribution in [0.5, 0.6) is 0 Å². The standard InChI is InChI=1S/C12H14N2O/c1-9-2-4-10(5-3-9)12-11(6-7-13)15-8-14-12/h2-5,8H,6-7,13H2,1H3. The Kier molecular flexibility index (Phi) is 2.83. The molecule has 0 atom stereocenters. The van der Waals surface area contributed by atoms with Gasteiger partial charge in [-0.3, -0.25) is 0 Å². The van der Waals surface area contributed by atoms with Crippen LogP contribution in [0.25, 0.3) is 11.3 Å². The van der Waals surface area contributed by atoms with Gasteiger partial charge in [-0.15, -0.1) is 0 Å². The van der Waals surface area contributed by atoms with E-state index in [4.69, 9.17) is 10.2 Å². The van der Waals surface area contributed by atoms with Crippen molar-refractivity contribution in [2.75, 3.05) is 6.54 Å². The molecule has 0 aliphatic rings. The molecule has 0 saturated carbocycles. The number of nitrogens with two attached hydrogens (primary N) is 1. The van der Waals surface area contributed by atoms with Crippen LogP contribution >= 0.6 is 0 Å². The molecule has 1 aromatic heterocycles. The second kappa shape index (κ2) is 4.28. The van der Waals surface area contributed by atoms with Gasteiger partial charge in [0.1, 0.15) is 11.5 Å². The van der Waals surface area contributed by atoms with Gasteiger partial charge in [0.15, 0.2) is 6.39 Å². The molecule has 0 aliphatic heterocycles. The van der Waals surface area contributed by atoms with E-state index >= 15 is 0 Å². The molecule has 0 fully saturated rings. The number of hydrogen-bond donors (Lipinski definition) is 1. The van der Waals surface area contributed by atoms with Crippen molar-refractivity contribution in [1.82, 2.24) is 4.98 Å². The van der Waals surface area contributed by atoms with Crippen LogP contribution in [0.1, 0.15) is 11.3 Å². The van der Waals surface area contributed by atoms with Gasteiger partial charge in [-0.25, -0.2) is 4.98 Å². The molecule has 1 heterocycles.